The molecule has 1 amide bonds. The van der Waals surface area contributed by atoms with Crippen LogP contribution < -0.4 is 5.32 Å². The molecule has 4 rings (SSSR count). The van der Waals surface area contributed by atoms with Crippen molar-refractivity contribution in [3.05, 3.63) is 29.8 Å². The molecule has 1 N–H and O–H groups in total. The van der Waals surface area contributed by atoms with Crippen LogP contribution in [0.25, 0.3) is 0 Å². The molecule has 3 aliphatic rings. The lowest BCUT2D eigenvalue weighted by atomic mass is 9.84. The van der Waals surface area contributed by atoms with Crippen LogP contribution in [0.5, 0.6) is 0 Å². The minimum atomic E-state index is -0.684. The van der Waals surface area contributed by atoms with E-state index in [4.69, 9.17) is 4.74 Å². The summed E-state index contributed by atoms with van der Waals surface area (Å²) < 4.78 is 4.97. The molecule has 3 heterocycles. The van der Waals surface area contributed by atoms with E-state index < -0.39 is 5.54 Å². The van der Waals surface area contributed by atoms with Crippen LogP contribution in [0.1, 0.15) is 24.8 Å². The summed E-state index contributed by atoms with van der Waals surface area (Å²) in [7, 11) is 1.43. The Balaban J connectivity index is 1.84. The molecule has 1 aromatic carbocycles. The van der Waals surface area contributed by atoms with Gasteiger partial charge in [-0.15, -0.1) is 0 Å². The van der Waals surface area contributed by atoms with E-state index in [0.29, 0.717) is 6.42 Å². The molecule has 1 aromatic rings. The van der Waals surface area contributed by atoms with Crippen LogP contribution in [0.4, 0.5) is 5.69 Å². The Morgan fingerprint density at radius 3 is 3.05 bits per heavy atom. The second-order valence-corrected chi connectivity index (χ2v) is 6.10. The van der Waals surface area contributed by atoms with Crippen LogP contribution in [-0.2, 0) is 19.9 Å². The maximum absolute atomic E-state index is 12.7. The first-order chi connectivity index (χ1) is 10.2. The van der Waals surface area contributed by atoms with Gasteiger partial charge in [-0.05, 0) is 31.9 Å². The molecule has 5 nitrogen and oxygen atoms in total. The van der Waals surface area contributed by atoms with Gasteiger partial charge in [-0.2, -0.15) is 0 Å². The van der Waals surface area contributed by atoms with Crippen LogP contribution >= 0.6 is 0 Å². The third-order valence-electron chi connectivity index (χ3n) is 5.27. The zero-order valence-electron chi connectivity index (χ0n) is 12.0. The van der Waals surface area contributed by atoms with Gasteiger partial charge in [0, 0.05) is 17.3 Å². The quantitative estimate of drug-likeness (QED) is 0.795. The number of nitrogens with zero attached hydrogens (tertiary/aromatic N) is 1. The minimum Gasteiger partial charge on any atom is -0.469 e. The van der Waals surface area contributed by atoms with Gasteiger partial charge in [0.2, 0.25) is 5.91 Å². The summed E-state index contributed by atoms with van der Waals surface area (Å²) in [6.45, 7) is 0.861. The van der Waals surface area contributed by atoms with Gasteiger partial charge in [0.1, 0.15) is 5.54 Å². The normalized spacial score (nSPS) is 33.9. The first-order valence-corrected chi connectivity index (χ1v) is 7.44. The van der Waals surface area contributed by atoms with Crippen molar-refractivity contribution < 1.29 is 14.3 Å². The van der Waals surface area contributed by atoms with E-state index in [1.807, 2.05) is 24.3 Å². The second kappa shape index (κ2) is 4.31. The number of hydrogen-bond donors (Lipinski definition) is 1. The zero-order valence-corrected chi connectivity index (χ0v) is 12.0. The molecule has 2 fully saturated rings. The Hall–Kier alpha value is -1.88. The molecule has 0 aromatic heterocycles. The fourth-order valence-electron chi connectivity index (χ4n) is 4.44. The number of methoxy groups -OCH3 is 1. The van der Waals surface area contributed by atoms with Gasteiger partial charge in [0.05, 0.1) is 13.0 Å². The number of nitrogens with one attached hydrogen (secondary N) is 1. The van der Waals surface area contributed by atoms with Crippen LogP contribution in [-0.4, -0.2) is 36.5 Å². The van der Waals surface area contributed by atoms with E-state index >= 15 is 0 Å². The van der Waals surface area contributed by atoms with Crippen LogP contribution in [0.2, 0.25) is 0 Å². The first-order valence-electron chi connectivity index (χ1n) is 7.44. The second-order valence-electron chi connectivity index (χ2n) is 6.10. The molecule has 3 atom stereocenters. The molecule has 0 aliphatic carbocycles. The van der Waals surface area contributed by atoms with Gasteiger partial charge in [0.15, 0.2) is 0 Å². The number of anilines is 1. The average molecular weight is 286 g/mol. The maximum atomic E-state index is 12.7. The number of carbonyl (C=O) groups excluding carboxylic acids is 2. The number of para-hydroxylation sites is 1. The molecule has 0 saturated carbocycles. The Bertz CT molecular complexity index is 630. The van der Waals surface area contributed by atoms with Gasteiger partial charge < -0.3 is 10.1 Å². The number of rotatable bonds is 1. The van der Waals surface area contributed by atoms with E-state index in [1.165, 1.54) is 7.11 Å². The molecule has 5 heteroatoms. The monoisotopic (exact) mass is 286 g/mol. The van der Waals surface area contributed by atoms with E-state index in [9.17, 15) is 9.59 Å². The molecule has 2 saturated heterocycles. The van der Waals surface area contributed by atoms with Gasteiger partial charge in [-0.1, -0.05) is 18.2 Å². The summed E-state index contributed by atoms with van der Waals surface area (Å²) in [5.41, 5.74) is 1.20. The molecule has 110 valence electrons. The van der Waals surface area contributed by atoms with Crippen molar-refractivity contribution in [1.82, 2.24) is 4.90 Å². The number of ether oxygens (including phenoxy) is 1. The maximum Gasteiger partial charge on any atom is 0.310 e. The Morgan fingerprint density at radius 2 is 2.24 bits per heavy atom. The zero-order chi connectivity index (χ0) is 14.6. The third kappa shape index (κ3) is 1.50. The summed E-state index contributed by atoms with van der Waals surface area (Å²) in [6.07, 6.45) is 2.50. The van der Waals surface area contributed by atoms with E-state index in [2.05, 4.69) is 10.2 Å². The van der Waals surface area contributed by atoms with Crippen LogP contribution in [0, 0.1) is 5.92 Å². The number of benzene rings is 1. The predicted octanol–water partition coefficient (Wildman–Crippen LogP) is 1.49. The highest BCUT2D eigenvalue weighted by molar-refractivity contribution is 6.06. The number of fused-ring (bicyclic) bond motifs is 4. The number of hydrogen-bond acceptors (Lipinski definition) is 4. The highest BCUT2D eigenvalue weighted by Crippen LogP contribution is 2.54. The summed E-state index contributed by atoms with van der Waals surface area (Å²) >= 11 is 0. The van der Waals surface area contributed by atoms with E-state index in [-0.39, 0.29) is 23.8 Å². The average Bonchev–Trinajstić information content (AvgIpc) is 3.15. The fraction of sp³-hybridized carbons (Fsp3) is 0.500. The lowest BCUT2D eigenvalue weighted by molar-refractivity contribution is -0.146. The van der Waals surface area contributed by atoms with Crippen LogP contribution in [0.15, 0.2) is 24.3 Å². The Morgan fingerprint density at radius 1 is 1.43 bits per heavy atom. The van der Waals surface area contributed by atoms with Crippen molar-refractivity contribution in [2.75, 3.05) is 19.0 Å². The van der Waals surface area contributed by atoms with E-state index in [0.717, 1.165) is 30.6 Å². The summed E-state index contributed by atoms with van der Waals surface area (Å²) in [5.74, 6) is -0.405. The lowest BCUT2D eigenvalue weighted by Crippen LogP contribution is -2.47. The molecular formula is C16H18N2O3. The SMILES string of the molecule is COC(=O)[C@H]1C[C@@]2(C(=O)Nc3ccccc32)N2CCC[C@H]12. The highest BCUT2D eigenvalue weighted by Gasteiger charge is 2.62. The molecule has 21 heavy (non-hydrogen) atoms. The highest BCUT2D eigenvalue weighted by atomic mass is 16.5. The van der Waals surface area contributed by atoms with Crippen LogP contribution in [0.3, 0.4) is 0 Å². The van der Waals surface area contributed by atoms with Crippen molar-refractivity contribution in [3.8, 4) is 0 Å². The fourth-order valence-corrected chi connectivity index (χ4v) is 4.44. The summed E-state index contributed by atoms with van der Waals surface area (Å²) in [4.78, 5) is 27.1. The van der Waals surface area contributed by atoms with Gasteiger partial charge >= 0.3 is 5.97 Å². The summed E-state index contributed by atoms with van der Waals surface area (Å²) in [6, 6.07) is 7.93. The molecule has 0 radical (unpaired) electrons. The number of carbonyl (C=O) groups is 2. The molecular weight excluding hydrogens is 268 g/mol. The minimum absolute atomic E-state index is 0.00185. The molecule has 0 unspecified atom stereocenters. The largest absolute Gasteiger partial charge is 0.469 e. The Labute approximate surface area is 123 Å². The van der Waals surface area contributed by atoms with Crippen molar-refractivity contribution >= 4 is 17.6 Å². The number of amides is 1. The predicted molar refractivity (Wildman–Crippen MR) is 76.6 cm³/mol. The smallest absolute Gasteiger partial charge is 0.310 e. The third-order valence-corrected chi connectivity index (χ3v) is 5.27. The topological polar surface area (TPSA) is 58.6 Å². The van der Waals surface area contributed by atoms with Crippen molar-refractivity contribution in [3.63, 3.8) is 0 Å². The van der Waals surface area contributed by atoms with Crippen molar-refractivity contribution in [2.45, 2.75) is 30.8 Å². The standard InChI is InChI=1S/C16H18N2O3/c1-21-14(19)10-9-16(18-8-4-7-13(10)18)11-5-2-3-6-12(11)17-15(16)20/h2-3,5-6,10,13H,4,7-9H2,1H3,(H,17,20)/t10-,13+,16+/m0/s1. The van der Waals surface area contributed by atoms with Crippen molar-refractivity contribution in [1.29, 1.82) is 0 Å². The van der Waals surface area contributed by atoms with Crippen molar-refractivity contribution in [2.24, 2.45) is 5.92 Å². The molecule has 3 aliphatic heterocycles. The Kier molecular flexibility index (Phi) is 2.63. The number of esters is 1. The van der Waals surface area contributed by atoms with Gasteiger partial charge in [-0.3, -0.25) is 14.5 Å². The molecule has 0 bridgehead atoms. The first kappa shape index (κ1) is 12.8. The molecule has 1 spiro atoms. The lowest BCUT2D eigenvalue weighted by Gasteiger charge is -2.32. The van der Waals surface area contributed by atoms with E-state index in [1.54, 1.807) is 0 Å². The van der Waals surface area contributed by atoms with Gasteiger partial charge in [0.25, 0.3) is 0 Å². The van der Waals surface area contributed by atoms with Gasteiger partial charge in [-0.25, -0.2) is 0 Å². The summed E-state index contributed by atoms with van der Waals surface area (Å²) in [5, 5.41) is 2.99.